The molecule has 2 aromatic heterocycles. The third-order valence-corrected chi connectivity index (χ3v) is 4.49. The fraction of sp³-hybridized carbons (Fsp3) is 0.0909. The van der Waals surface area contributed by atoms with Crippen LogP contribution in [0, 0.1) is 0 Å². The highest BCUT2D eigenvalue weighted by molar-refractivity contribution is 8.03. The molecule has 1 unspecified atom stereocenters. The molecule has 0 aliphatic carbocycles. The first kappa shape index (κ1) is 11.5. The number of rotatable bonds is 2. The number of thioether (sulfide) groups is 1. The van der Waals surface area contributed by atoms with E-state index in [1.54, 1.807) is 18.6 Å². The number of nitrogens with two attached hydrogens (primary N) is 2. The van der Waals surface area contributed by atoms with Crippen molar-refractivity contribution in [2.75, 3.05) is 5.73 Å². The molecule has 0 saturated carbocycles. The van der Waals surface area contributed by atoms with Crippen molar-refractivity contribution >= 4 is 33.9 Å². The molecule has 0 amide bonds. The van der Waals surface area contributed by atoms with Gasteiger partial charge >= 0.3 is 0 Å². The summed E-state index contributed by atoms with van der Waals surface area (Å²) in [6.07, 6.45) is 5.23. The van der Waals surface area contributed by atoms with Gasteiger partial charge in [-0.3, -0.25) is 10.7 Å². The third kappa shape index (κ3) is 1.96. The lowest BCUT2D eigenvalue weighted by Crippen LogP contribution is -2.43. The van der Waals surface area contributed by atoms with Crippen LogP contribution < -0.4 is 16.8 Å². The van der Waals surface area contributed by atoms with Crippen molar-refractivity contribution in [3.8, 4) is 0 Å². The van der Waals surface area contributed by atoms with Gasteiger partial charge in [0.2, 0.25) is 0 Å². The summed E-state index contributed by atoms with van der Waals surface area (Å²) in [6.45, 7) is 0. The van der Waals surface area contributed by atoms with Gasteiger partial charge in [0.1, 0.15) is 0 Å². The first-order valence-electron chi connectivity index (χ1n) is 5.24. The average Bonchev–Trinajstić information content (AvgIpc) is 2.98. The Morgan fingerprint density at radius 1 is 1.33 bits per heavy atom. The molecule has 5 nitrogen and oxygen atoms in total. The number of hydrogen-bond acceptors (Lipinski definition) is 7. The molecule has 18 heavy (non-hydrogen) atoms. The molecular formula is C11H11N5S2. The molecule has 0 fully saturated rings. The smallest absolute Gasteiger partial charge is 0.180 e. The lowest BCUT2D eigenvalue weighted by atomic mass is 10.2. The molecule has 1 atom stereocenters. The number of hydrogen-bond donors (Lipinski definition) is 3. The van der Waals surface area contributed by atoms with Crippen LogP contribution in [-0.2, 0) is 4.99 Å². The predicted molar refractivity (Wildman–Crippen MR) is 75.3 cm³/mol. The lowest BCUT2D eigenvalue weighted by molar-refractivity contribution is 0.608. The van der Waals surface area contributed by atoms with Crippen LogP contribution in [0.3, 0.4) is 0 Å². The fourth-order valence-corrected chi connectivity index (χ4v) is 3.31. The van der Waals surface area contributed by atoms with Crippen LogP contribution in [0.15, 0.2) is 36.1 Å². The maximum atomic E-state index is 6.33. The zero-order valence-electron chi connectivity index (χ0n) is 9.33. The van der Waals surface area contributed by atoms with E-state index in [0.717, 1.165) is 16.1 Å². The Morgan fingerprint density at radius 3 is 2.89 bits per heavy atom. The molecule has 0 saturated heterocycles. The average molecular weight is 277 g/mol. The van der Waals surface area contributed by atoms with E-state index >= 15 is 0 Å². The predicted octanol–water partition coefficient (Wildman–Crippen LogP) is 1.52. The number of aromatic nitrogens is 2. The molecule has 3 heterocycles. The second-order valence-electron chi connectivity index (χ2n) is 3.81. The van der Waals surface area contributed by atoms with E-state index in [1.807, 2.05) is 17.5 Å². The molecular weight excluding hydrogens is 266 g/mol. The van der Waals surface area contributed by atoms with E-state index in [4.69, 9.17) is 11.5 Å². The molecule has 1 aliphatic rings. The highest BCUT2D eigenvalue weighted by atomic mass is 32.2. The highest BCUT2D eigenvalue weighted by Gasteiger charge is 2.33. The topological polar surface area (TPSA) is 89.8 Å². The van der Waals surface area contributed by atoms with Gasteiger partial charge in [0.25, 0.3) is 0 Å². The van der Waals surface area contributed by atoms with E-state index in [-0.39, 0.29) is 0 Å². The zero-order chi connectivity index (χ0) is 12.6. The first-order valence-corrected chi connectivity index (χ1v) is 6.94. The van der Waals surface area contributed by atoms with Crippen LogP contribution >= 0.6 is 23.1 Å². The Morgan fingerprint density at radius 2 is 2.22 bits per heavy atom. The van der Waals surface area contributed by atoms with Crippen molar-refractivity contribution in [3.63, 3.8) is 0 Å². The first-order chi connectivity index (χ1) is 8.67. The van der Waals surface area contributed by atoms with Gasteiger partial charge in [-0.05, 0) is 11.5 Å². The Hall–Kier alpha value is -1.57. The Kier molecular flexibility index (Phi) is 2.73. The number of thiazole rings is 1. The van der Waals surface area contributed by atoms with Gasteiger partial charge in [0, 0.05) is 24.2 Å². The van der Waals surface area contributed by atoms with Crippen LogP contribution in [-0.4, -0.2) is 9.97 Å². The summed E-state index contributed by atoms with van der Waals surface area (Å²) in [6, 6.07) is 3.82. The number of nitrogens with zero attached hydrogens (tertiary/aromatic N) is 2. The molecule has 3 rings (SSSR count). The second kappa shape index (κ2) is 4.27. The summed E-state index contributed by atoms with van der Waals surface area (Å²) in [7, 11) is 0. The maximum Gasteiger partial charge on any atom is 0.180 e. The lowest BCUT2D eigenvalue weighted by Gasteiger charge is -2.24. The van der Waals surface area contributed by atoms with Gasteiger partial charge in [-0.1, -0.05) is 29.2 Å². The summed E-state index contributed by atoms with van der Waals surface area (Å²) < 4.78 is 0. The van der Waals surface area contributed by atoms with E-state index in [1.165, 1.54) is 23.1 Å². The summed E-state index contributed by atoms with van der Waals surface area (Å²) in [4.78, 5) is 8.43. The van der Waals surface area contributed by atoms with Crippen LogP contribution in [0.25, 0.3) is 5.70 Å². The molecule has 5 N–H and O–H groups in total. The molecule has 1 aliphatic heterocycles. The third-order valence-electron chi connectivity index (χ3n) is 2.56. The molecule has 2 aromatic rings. The van der Waals surface area contributed by atoms with Gasteiger partial charge in [-0.2, -0.15) is 0 Å². The van der Waals surface area contributed by atoms with Crippen molar-refractivity contribution < 1.29 is 0 Å². The van der Waals surface area contributed by atoms with Crippen molar-refractivity contribution in [1.82, 2.24) is 15.3 Å². The SMILES string of the molecule is Nc1ncc(C2=CSC(N)(c3cccnc3)N2)s1. The fourth-order valence-electron chi connectivity index (χ4n) is 1.67. The van der Waals surface area contributed by atoms with Gasteiger partial charge in [0.15, 0.2) is 10.1 Å². The summed E-state index contributed by atoms with van der Waals surface area (Å²) in [5.74, 6) is 0. The molecule has 0 spiro atoms. The molecule has 0 bridgehead atoms. The van der Waals surface area contributed by atoms with Gasteiger partial charge in [-0.25, -0.2) is 4.98 Å². The van der Waals surface area contributed by atoms with E-state index in [9.17, 15) is 0 Å². The number of anilines is 1. The van der Waals surface area contributed by atoms with Crippen LogP contribution in [0.5, 0.6) is 0 Å². The number of nitrogen functional groups attached to an aromatic ring is 1. The number of nitrogens with one attached hydrogen (secondary N) is 1. The monoisotopic (exact) mass is 277 g/mol. The largest absolute Gasteiger partial charge is 0.375 e. The Labute approximate surface area is 112 Å². The van der Waals surface area contributed by atoms with E-state index < -0.39 is 4.99 Å². The quantitative estimate of drug-likeness (QED) is 0.771. The number of pyridine rings is 1. The minimum absolute atomic E-state index is 0.550. The van der Waals surface area contributed by atoms with Crippen LogP contribution in [0.1, 0.15) is 10.4 Å². The molecule has 0 radical (unpaired) electrons. The van der Waals surface area contributed by atoms with Gasteiger partial charge in [-0.15, -0.1) is 0 Å². The highest BCUT2D eigenvalue weighted by Crippen LogP contribution is 2.40. The summed E-state index contributed by atoms with van der Waals surface area (Å²) >= 11 is 2.94. The standard InChI is InChI=1S/C11H11N5S2/c12-10-15-5-9(18-10)8-6-17-11(13,16-8)7-2-1-3-14-4-7/h1-6,16H,13H2,(H2,12,15). The molecule has 0 aromatic carbocycles. The molecule has 92 valence electrons. The van der Waals surface area contributed by atoms with Crippen LogP contribution in [0.4, 0.5) is 5.13 Å². The van der Waals surface area contributed by atoms with Gasteiger partial charge < -0.3 is 11.1 Å². The molecule has 7 heteroatoms. The van der Waals surface area contributed by atoms with Crippen molar-refractivity contribution in [3.05, 3.63) is 46.6 Å². The minimum atomic E-state index is -0.678. The minimum Gasteiger partial charge on any atom is -0.375 e. The van der Waals surface area contributed by atoms with Crippen molar-refractivity contribution in [2.24, 2.45) is 5.73 Å². The van der Waals surface area contributed by atoms with E-state index in [0.29, 0.717) is 5.13 Å². The normalized spacial score (nSPS) is 22.6. The zero-order valence-corrected chi connectivity index (χ0v) is 11.0. The second-order valence-corrected chi connectivity index (χ2v) is 5.99. The van der Waals surface area contributed by atoms with Crippen molar-refractivity contribution in [2.45, 2.75) is 4.99 Å². The Bertz CT molecular complexity index is 594. The van der Waals surface area contributed by atoms with Gasteiger partial charge in [0.05, 0.1) is 10.6 Å². The van der Waals surface area contributed by atoms with Crippen LogP contribution in [0.2, 0.25) is 0 Å². The van der Waals surface area contributed by atoms with Crippen molar-refractivity contribution in [1.29, 1.82) is 0 Å². The summed E-state index contributed by atoms with van der Waals surface area (Å²) in [5, 5.41) is 5.83. The van der Waals surface area contributed by atoms with E-state index in [2.05, 4.69) is 15.3 Å². The Balaban J connectivity index is 1.86. The summed E-state index contributed by atoms with van der Waals surface area (Å²) in [5.41, 5.74) is 13.8. The maximum absolute atomic E-state index is 6.33.